The van der Waals surface area contributed by atoms with Gasteiger partial charge in [-0.2, -0.15) is 0 Å². The first-order chi connectivity index (χ1) is 12.2. The number of nitrogens with zero attached hydrogens (tertiary/aromatic N) is 3. The van der Waals surface area contributed by atoms with Gasteiger partial charge < -0.3 is 14.2 Å². The molecule has 0 aromatic carbocycles. The molecule has 2 aliphatic heterocycles. The number of aromatic nitrogens is 2. The molecule has 5 nitrogen and oxygen atoms in total. The molecule has 0 N–H and O–H groups in total. The lowest BCUT2D eigenvalue weighted by atomic mass is 9.98. The Morgan fingerprint density at radius 2 is 2.20 bits per heavy atom. The van der Waals surface area contributed by atoms with Crippen molar-refractivity contribution in [3.63, 3.8) is 0 Å². The lowest BCUT2D eigenvalue weighted by Crippen LogP contribution is -2.52. The number of fused-ring (bicyclic) bond motifs is 3. The molecule has 2 aromatic rings. The third kappa shape index (κ3) is 3.15. The second kappa shape index (κ2) is 6.96. The van der Waals surface area contributed by atoms with Crippen molar-refractivity contribution < 1.29 is 9.53 Å². The van der Waals surface area contributed by atoms with Crippen molar-refractivity contribution in [3.05, 3.63) is 29.0 Å². The van der Waals surface area contributed by atoms with E-state index in [0.29, 0.717) is 11.6 Å². The molecule has 134 valence electrons. The summed E-state index contributed by atoms with van der Waals surface area (Å²) in [6.45, 7) is 4.48. The van der Waals surface area contributed by atoms with Crippen LogP contribution in [0, 0.1) is 0 Å². The number of hydrogen-bond acceptors (Lipinski definition) is 3. The van der Waals surface area contributed by atoms with Crippen molar-refractivity contribution in [2.45, 2.75) is 57.7 Å². The first-order valence-electron chi connectivity index (χ1n) is 9.23. The maximum absolute atomic E-state index is 12.8. The fourth-order valence-electron chi connectivity index (χ4n) is 4.12. The summed E-state index contributed by atoms with van der Waals surface area (Å²) in [4.78, 5) is 19.4. The zero-order valence-electron chi connectivity index (χ0n) is 14.6. The van der Waals surface area contributed by atoms with E-state index in [-0.39, 0.29) is 18.1 Å². The third-order valence-corrected chi connectivity index (χ3v) is 5.51. The molecule has 2 aliphatic rings. The van der Waals surface area contributed by atoms with Crippen molar-refractivity contribution in [1.82, 2.24) is 14.5 Å². The minimum atomic E-state index is -0.248. The topological polar surface area (TPSA) is 47.4 Å². The number of piperidine rings is 1. The van der Waals surface area contributed by atoms with E-state index in [0.717, 1.165) is 56.2 Å². The molecule has 4 rings (SSSR count). The monoisotopic (exact) mass is 361 g/mol. The minimum Gasteiger partial charge on any atom is -0.368 e. The van der Waals surface area contributed by atoms with Gasteiger partial charge >= 0.3 is 0 Å². The molecule has 0 aliphatic carbocycles. The van der Waals surface area contributed by atoms with Crippen LogP contribution in [0.3, 0.4) is 0 Å². The summed E-state index contributed by atoms with van der Waals surface area (Å²) in [6.07, 6.45) is 6.12. The minimum absolute atomic E-state index is 0.176. The summed E-state index contributed by atoms with van der Waals surface area (Å²) in [5.41, 5.74) is 2.23. The molecular formula is C19H24ClN3O2. The Bertz CT molecular complexity index is 788. The molecule has 25 heavy (non-hydrogen) atoms. The average molecular weight is 362 g/mol. The first kappa shape index (κ1) is 16.9. The number of likely N-dealkylation sites (tertiary alicyclic amines) is 1. The molecule has 6 heteroatoms. The smallest absolute Gasteiger partial charge is 0.251 e. The number of hydrogen-bond donors (Lipinski definition) is 0. The van der Waals surface area contributed by atoms with Crippen molar-refractivity contribution in [3.8, 4) is 0 Å². The highest BCUT2D eigenvalue weighted by Gasteiger charge is 2.35. The summed E-state index contributed by atoms with van der Waals surface area (Å²) in [6, 6.07) is 4.39. The summed E-state index contributed by atoms with van der Waals surface area (Å²) in [5, 5.41) is 1.74. The lowest BCUT2D eigenvalue weighted by Gasteiger charge is -2.40. The van der Waals surface area contributed by atoms with Crippen LogP contribution in [-0.2, 0) is 22.5 Å². The van der Waals surface area contributed by atoms with Gasteiger partial charge in [-0.25, -0.2) is 4.98 Å². The summed E-state index contributed by atoms with van der Waals surface area (Å²) in [5.74, 6) is 0.176. The molecule has 0 bridgehead atoms. The second-order valence-corrected chi connectivity index (χ2v) is 7.47. The Morgan fingerprint density at radius 3 is 3.04 bits per heavy atom. The van der Waals surface area contributed by atoms with Crippen molar-refractivity contribution >= 4 is 28.5 Å². The normalized spacial score (nSPS) is 23.9. The maximum atomic E-state index is 12.8. The Balaban J connectivity index is 1.53. The van der Waals surface area contributed by atoms with Crippen LogP contribution in [0.15, 0.2) is 18.3 Å². The van der Waals surface area contributed by atoms with Crippen LogP contribution in [0.5, 0.6) is 0 Å². The van der Waals surface area contributed by atoms with Gasteiger partial charge in [0.25, 0.3) is 5.91 Å². The van der Waals surface area contributed by atoms with Crippen LogP contribution >= 0.6 is 11.6 Å². The third-order valence-electron chi connectivity index (χ3n) is 5.30. The standard InChI is InChI=1S/C19H24ClN3O2/c1-2-8-25-17-4-3-6-23(19(17)24)15-5-7-22-16(11-15)10-13-9-14(20)12-21-18(13)22/h9-10,12,15,17H,2-8,11H2,1H3. The number of amides is 1. The predicted molar refractivity (Wildman–Crippen MR) is 97.8 cm³/mol. The summed E-state index contributed by atoms with van der Waals surface area (Å²) < 4.78 is 8.04. The van der Waals surface area contributed by atoms with Gasteiger partial charge in [-0.15, -0.1) is 0 Å². The van der Waals surface area contributed by atoms with Gasteiger partial charge in [0.2, 0.25) is 0 Å². The van der Waals surface area contributed by atoms with E-state index >= 15 is 0 Å². The molecule has 1 fully saturated rings. The molecule has 2 atom stereocenters. The SMILES string of the molecule is CCCOC1CCCN(C2CCn3c(cc4cc(Cl)cnc43)C2)C1=O. The van der Waals surface area contributed by atoms with E-state index in [1.807, 2.05) is 6.07 Å². The number of ether oxygens (including phenoxy) is 1. The van der Waals surface area contributed by atoms with Crippen molar-refractivity contribution in [1.29, 1.82) is 0 Å². The Labute approximate surface area is 152 Å². The zero-order valence-corrected chi connectivity index (χ0v) is 15.3. The Morgan fingerprint density at radius 1 is 1.32 bits per heavy atom. The van der Waals surface area contributed by atoms with E-state index in [9.17, 15) is 4.79 Å². The largest absolute Gasteiger partial charge is 0.368 e. The first-order valence-corrected chi connectivity index (χ1v) is 9.61. The number of rotatable bonds is 4. The number of carbonyl (C=O) groups excluding carboxylic acids is 1. The lowest BCUT2D eigenvalue weighted by molar-refractivity contribution is -0.151. The van der Waals surface area contributed by atoms with Crippen LogP contribution < -0.4 is 0 Å². The maximum Gasteiger partial charge on any atom is 0.251 e. The van der Waals surface area contributed by atoms with E-state index in [1.165, 1.54) is 5.69 Å². The molecule has 0 radical (unpaired) electrons. The summed E-state index contributed by atoms with van der Waals surface area (Å²) >= 11 is 6.07. The number of aryl methyl sites for hydroxylation is 1. The van der Waals surface area contributed by atoms with Gasteiger partial charge in [-0.05, 0) is 37.8 Å². The fourth-order valence-corrected chi connectivity index (χ4v) is 4.29. The van der Waals surface area contributed by atoms with Crippen LogP contribution in [0.4, 0.5) is 0 Å². The van der Waals surface area contributed by atoms with Gasteiger partial charge in [-0.3, -0.25) is 4.79 Å². The summed E-state index contributed by atoms with van der Waals surface area (Å²) in [7, 11) is 0. The second-order valence-electron chi connectivity index (χ2n) is 7.03. The van der Waals surface area contributed by atoms with Crippen LogP contribution in [-0.4, -0.2) is 45.7 Å². The number of carbonyl (C=O) groups is 1. The fraction of sp³-hybridized carbons (Fsp3) is 0.579. The van der Waals surface area contributed by atoms with Gasteiger partial charge in [0, 0.05) is 49.4 Å². The molecule has 2 aromatic heterocycles. The highest BCUT2D eigenvalue weighted by atomic mass is 35.5. The average Bonchev–Trinajstić information content (AvgIpc) is 2.97. The van der Waals surface area contributed by atoms with Crippen LogP contribution in [0.2, 0.25) is 5.02 Å². The zero-order chi connectivity index (χ0) is 17.4. The van der Waals surface area contributed by atoms with Crippen molar-refractivity contribution in [2.24, 2.45) is 0 Å². The highest BCUT2D eigenvalue weighted by molar-refractivity contribution is 6.31. The van der Waals surface area contributed by atoms with Gasteiger partial charge in [0.1, 0.15) is 11.8 Å². The Hall–Kier alpha value is -1.59. The van der Waals surface area contributed by atoms with E-state index in [4.69, 9.17) is 16.3 Å². The molecule has 1 amide bonds. The molecular weight excluding hydrogens is 338 g/mol. The Kier molecular flexibility index (Phi) is 4.69. The van der Waals surface area contributed by atoms with Gasteiger partial charge in [-0.1, -0.05) is 18.5 Å². The predicted octanol–water partition coefficient (Wildman–Crippen LogP) is 3.42. The van der Waals surface area contributed by atoms with Gasteiger partial charge in [0.05, 0.1) is 5.02 Å². The van der Waals surface area contributed by atoms with Crippen molar-refractivity contribution in [2.75, 3.05) is 13.2 Å². The van der Waals surface area contributed by atoms with E-state index in [1.54, 1.807) is 6.20 Å². The van der Waals surface area contributed by atoms with E-state index in [2.05, 4.69) is 27.4 Å². The van der Waals surface area contributed by atoms with Crippen LogP contribution in [0.1, 0.15) is 38.3 Å². The molecule has 2 unspecified atom stereocenters. The number of halogens is 1. The quantitative estimate of drug-likeness (QED) is 0.838. The van der Waals surface area contributed by atoms with E-state index < -0.39 is 0 Å². The molecule has 0 spiro atoms. The van der Waals surface area contributed by atoms with Gasteiger partial charge in [0.15, 0.2) is 0 Å². The number of pyridine rings is 1. The molecule has 0 saturated carbocycles. The molecule has 1 saturated heterocycles. The highest BCUT2D eigenvalue weighted by Crippen LogP contribution is 2.29. The molecule has 4 heterocycles. The van der Waals surface area contributed by atoms with Crippen LogP contribution in [0.25, 0.3) is 11.0 Å².